The molecule has 0 aliphatic carbocycles. The molecule has 110 valence electrons. The van der Waals surface area contributed by atoms with Gasteiger partial charge in [-0.3, -0.25) is 35.4 Å². The molecule has 10 nitrogen and oxygen atoms in total. The van der Waals surface area contributed by atoms with Crippen molar-refractivity contribution in [3.8, 4) is 0 Å². The number of nitrogens with one attached hydrogen (secondary N) is 7. The Kier molecular flexibility index (Phi) is 3.64. The normalized spacial score (nSPS) is 21.1. The first-order chi connectivity index (χ1) is 9.73. The molecular weight excluding hydrogens is 279 g/mol. The van der Waals surface area contributed by atoms with E-state index >= 15 is 0 Å². The van der Waals surface area contributed by atoms with Crippen LogP contribution < -0.4 is 31.2 Å². The zero-order valence-electron chi connectivity index (χ0n) is 11.0. The molecule has 0 radical (unpaired) electrons. The molecule has 0 aromatic rings. The Morgan fingerprint density at radius 2 is 1.10 bits per heavy atom. The first-order valence-electron chi connectivity index (χ1n) is 6.57. The molecule has 3 aliphatic rings. The number of hydrogen-bond acceptors (Lipinski definition) is 7. The van der Waals surface area contributed by atoms with E-state index in [9.17, 15) is 0 Å². The maximum absolute atomic E-state index is 8.63. The smallest absolute Gasteiger partial charge is 0.240 e. The van der Waals surface area contributed by atoms with Crippen LogP contribution in [0.3, 0.4) is 0 Å². The summed E-state index contributed by atoms with van der Waals surface area (Å²) in [6, 6.07) is 0. The highest BCUT2D eigenvalue weighted by atomic mass is 31.2. The van der Waals surface area contributed by atoms with Crippen LogP contribution in [0, 0.1) is 5.16 Å². The summed E-state index contributed by atoms with van der Waals surface area (Å²) in [4.78, 5) is 12.8. The zero-order valence-corrected chi connectivity index (χ0v) is 11.9. The Bertz CT molecular complexity index is 438. The summed E-state index contributed by atoms with van der Waals surface area (Å²) < 4.78 is 0. The van der Waals surface area contributed by atoms with Gasteiger partial charge in [-0.15, -0.1) is 0 Å². The summed E-state index contributed by atoms with van der Waals surface area (Å²) in [6.07, 6.45) is 0. The molecule has 0 bridgehead atoms. The van der Waals surface area contributed by atoms with E-state index in [-0.39, 0.29) is 0 Å². The van der Waals surface area contributed by atoms with Gasteiger partial charge in [0.1, 0.15) is 0 Å². The molecule has 0 saturated heterocycles. The van der Waals surface area contributed by atoms with Crippen LogP contribution in [0.25, 0.3) is 0 Å². The summed E-state index contributed by atoms with van der Waals surface area (Å²) in [5.41, 5.74) is 0. The summed E-state index contributed by atoms with van der Waals surface area (Å²) >= 11 is 0. The van der Waals surface area contributed by atoms with Gasteiger partial charge in [0.15, 0.2) is 17.9 Å². The van der Waals surface area contributed by atoms with Crippen LogP contribution >= 0.6 is 7.51 Å². The minimum Gasteiger partial charge on any atom is -0.354 e. The van der Waals surface area contributed by atoms with Crippen molar-refractivity contribution in [1.29, 1.82) is 5.16 Å². The fourth-order valence-corrected chi connectivity index (χ4v) is 3.55. The van der Waals surface area contributed by atoms with Crippen LogP contribution in [-0.4, -0.2) is 57.1 Å². The van der Waals surface area contributed by atoms with Gasteiger partial charge in [0, 0.05) is 19.6 Å². The molecule has 3 heterocycles. The highest BCUT2D eigenvalue weighted by Crippen LogP contribution is 2.31. The molecule has 0 fully saturated rings. The molecule has 0 aromatic heterocycles. The third-order valence-electron chi connectivity index (χ3n) is 2.84. The quantitative estimate of drug-likeness (QED) is 0.306. The highest BCUT2D eigenvalue weighted by molar-refractivity contribution is 7.61. The van der Waals surface area contributed by atoms with E-state index in [4.69, 9.17) is 5.16 Å². The second kappa shape index (κ2) is 5.58. The number of hydrogen-bond donors (Lipinski definition) is 7. The Morgan fingerprint density at radius 3 is 1.35 bits per heavy atom. The van der Waals surface area contributed by atoms with Crippen LogP contribution in [0.4, 0.5) is 0 Å². The summed E-state index contributed by atoms with van der Waals surface area (Å²) in [5.74, 6) is 1.89. The molecule has 0 spiro atoms. The lowest BCUT2D eigenvalue weighted by Crippen LogP contribution is -2.47. The van der Waals surface area contributed by atoms with E-state index in [1.54, 1.807) is 0 Å². The van der Waals surface area contributed by atoms with Gasteiger partial charge >= 0.3 is 0 Å². The van der Waals surface area contributed by atoms with Crippen LogP contribution in [0.2, 0.25) is 0 Å². The molecule has 0 unspecified atom stereocenters. The Balaban J connectivity index is 1.71. The van der Waals surface area contributed by atoms with Gasteiger partial charge in [0.25, 0.3) is 0 Å². The monoisotopic (exact) mass is 298 g/mol. The fourth-order valence-electron chi connectivity index (χ4n) is 1.98. The average Bonchev–Trinajstić information content (AvgIpc) is 3.11. The number of nitrogens with zero attached hydrogens (tertiary/aromatic N) is 3. The zero-order chi connectivity index (χ0) is 13.8. The van der Waals surface area contributed by atoms with Crippen molar-refractivity contribution in [2.24, 2.45) is 15.0 Å². The number of guanidine groups is 3. The predicted molar refractivity (Wildman–Crippen MR) is 80.0 cm³/mol. The van der Waals surface area contributed by atoms with Crippen molar-refractivity contribution in [3.63, 3.8) is 0 Å². The van der Waals surface area contributed by atoms with Crippen molar-refractivity contribution in [3.05, 3.63) is 0 Å². The van der Waals surface area contributed by atoms with Crippen molar-refractivity contribution in [2.75, 3.05) is 39.3 Å². The second-order valence-electron chi connectivity index (χ2n) is 4.48. The van der Waals surface area contributed by atoms with Crippen molar-refractivity contribution in [1.82, 2.24) is 31.2 Å². The van der Waals surface area contributed by atoms with E-state index in [1.807, 2.05) is 0 Å². The molecule has 0 atom stereocenters. The standard InChI is InChI=1S/C9H19N10P/c10-20(17-7-11-1-2-12-7,18-8-13-3-4-14-8)19-9-15-5-6-16-9/h1-6H2,(H7,10,11,12,13,14,15,16,17,18,19). The van der Waals surface area contributed by atoms with E-state index in [2.05, 4.69) is 46.2 Å². The predicted octanol–water partition coefficient (Wildman–Crippen LogP) is -1.84. The minimum absolute atomic E-state index is 0.630. The van der Waals surface area contributed by atoms with Crippen LogP contribution in [-0.2, 0) is 0 Å². The van der Waals surface area contributed by atoms with E-state index < -0.39 is 7.51 Å². The van der Waals surface area contributed by atoms with E-state index in [0.717, 1.165) is 39.3 Å². The third kappa shape index (κ3) is 3.13. The second-order valence-corrected chi connectivity index (χ2v) is 6.49. The van der Waals surface area contributed by atoms with Gasteiger partial charge in [-0.25, -0.2) is 0 Å². The van der Waals surface area contributed by atoms with Crippen LogP contribution in [0.5, 0.6) is 0 Å². The molecule has 11 heteroatoms. The lowest BCUT2D eigenvalue weighted by molar-refractivity contribution is 0.941. The van der Waals surface area contributed by atoms with Gasteiger partial charge in [-0.05, 0) is 0 Å². The van der Waals surface area contributed by atoms with Crippen molar-refractivity contribution >= 4 is 25.4 Å². The molecule has 0 aromatic carbocycles. The van der Waals surface area contributed by atoms with Gasteiger partial charge < -0.3 is 16.0 Å². The molecular formula is C9H19N10P. The molecule has 0 amide bonds. The van der Waals surface area contributed by atoms with Crippen LogP contribution in [0.15, 0.2) is 15.0 Å². The van der Waals surface area contributed by atoms with E-state index in [0.29, 0.717) is 17.9 Å². The summed E-state index contributed by atoms with van der Waals surface area (Å²) in [7, 11) is -2.70. The SMILES string of the molecule is N=P(NC1=NCCN1)(NC1=NCCN1)NC1=NCCN1. The maximum atomic E-state index is 8.63. The molecule has 3 rings (SSSR count). The van der Waals surface area contributed by atoms with E-state index in [1.165, 1.54) is 0 Å². The van der Waals surface area contributed by atoms with Gasteiger partial charge in [-0.2, -0.15) is 0 Å². The fraction of sp³-hybridized carbons (Fsp3) is 0.667. The minimum atomic E-state index is -2.70. The topological polar surface area (TPSA) is 133 Å². The lowest BCUT2D eigenvalue weighted by Gasteiger charge is -2.27. The molecule has 7 N–H and O–H groups in total. The number of rotatable bonds is 3. The molecule has 3 aliphatic heterocycles. The average molecular weight is 298 g/mol. The summed E-state index contributed by atoms with van der Waals surface area (Å²) in [6.45, 7) is 4.55. The third-order valence-corrected chi connectivity index (χ3v) is 4.48. The molecule has 20 heavy (non-hydrogen) atoms. The van der Waals surface area contributed by atoms with Crippen molar-refractivity contribution < 1.29 is 0 Å². The Labute approximate surface area is 117 Å². The Hall–Kier alpha value is -1.96. The first kappa shape index (κ1) is 13.0. The summed E-state index contributed by atoms with van der Waals surface area (Å²) in [5, 5.41) is 27.3. The number of aliphatic imine (C=N–C) groups is 3. The van der Waals surface area contributed by atoms with Crippen LogP contribution in [0.1, 0.15) is 0 Å². The first-order valence-corrected chi connectivity index (χ1v) is 8.36. The van der Waals surface area contributed by atoms with Gasteiger partial charge in [-0.1, -0.05) is 0 Å². The Morgan fingerprint density at radius 1 is 0.750 bits per heavy atom. The molecule has 0 saturated carbocycles. The maximum Gasteiger partial charge on any atom is 0.240 e. The lowest BCUT2D eigenvalue weighted by atomic mass is 10.7. The largest absolute Gasteiger partial charge is 0.354 e. The van der Waals surface area contributed by atoms with Crippen molar-refractivity contribution in [2.45, 2.75) is 0 Å². The van der Waals surface area contributed by atoms with Gasteiger partial charge in [0.05, 0.1) is 19.6 Å². The van der Waals surface area contributed by atoms with Gasteiger partial charge in [0.2, 0.25) is 7.51 Å². The highest BCUT2D eigenvalue weighted by Gasteiger charge is 2.25.